The summed E-state index contributed by atoms with van der Waals surface area (Å²) in [5.41, 5.74) is 6.57. The number of benzene rings is 1. The topological polar surface area (TPSA) is 153 Å². The van der Waals surface area contributed by atoms with Crippen LogP contribution in [0.2, 0.25) is 0 Å². The molecule has 1 aromatic carbocycles. The lowest BCUT2D eigenvalue weighted by Gasteiger charge is -2.07. The zero-order valence-corrected chi connectivity index (χ0v) is 15.1. The molecule has 0 bridgehead atoms. The molecule has 146 valence electrons. The lowest BCUT2D eigenvalue weighted by Crippen LogP contribution is -2.18. The molecule has 2 heterocycles. The predicted molar refractivity (Wildman–Crippen MR) is 100 cm³/mol. The fourth-order valence-corrected chi connectivity index (χ4v) is 2.67. The molecule has 10 nitrogen and oxygen atoms in total. The number of nitrogens with zero attached hydrogens (tertiary/aromatic N) is 3. The van der Waals surface area contributed by atoms with Crippen LogP contribution in [0, 0.1) is 0 Å². The van der Waals surface area contributed by atoms with E-state index in [1.807, 2.05) is 6.92 Å². The van der Waals surface area contributed by atoms with Crippen molar-refractivity contribution in [3.05, 3.63) is 45.9 Å². The number of carboxylic acid groups (broad SMARTS) is 1. The highest BCUT2D eigenvalue weighted by atomic mass is 16.5. The van der Waals surface area contributed by atoms with Crippen LogP contribution in [0.25, 0.3) is 11.2 Å². The second kappa shape index (κ2) is 7.91. The number of fused-ring (bicyclic) bond motifs is 1. The molecule has 28 heavy (non-hydrogen) atoms. The number of hydrogen-bond acceptors (Lipinski definition) is 7. The summed E-state index contributed by atoms with van der Waals surface area (Å²) < 4.78 is 6.81. The van der Waals surface area contributed by atoms with Crippen molar-refractivity contribution in [2.45, 2.75) is 26.3 Å². The third-order valence-corrected chi connectivity index (χ3v) is 4.08. The minimum Gasteiger partial charge on any atom is -0.475 e. The van der Waals surface area contributed by atoms with Gasteiger partial charge in [0, 0.05) is 5.56 Å². The first-order valence-corrected chi connectivity index (χ1v) is 8.66. The Morgan fingerprint density at radius 1 is 1.32 bits per heavy atom. The van der Waals surface area contributed by atoms with Gasteiger partial charge < -0.3 is 20.6 Å². The Balaban J connectivity index is 1.98. The monoisotopic (exact) mass is 385 g/mol. The molecule has 0 atom stereocenters. The van der Waals surface area contributed by atoms with Crippen molar-refractivity contribution in [1.29, 1.82) is 0 Å². The number of aromatic amines is 1. The minimum atomic E-state index is -1.55. The fourth-order valence-electron chi connectivity index (χ4n) is 2.67. The first-order valence-electron chi connectivity index (χ1n) is 8.66. The first kappa shape index (κ1) is 19.1. The number of ether oxygens (including phenoxy) is 1. The quantitative estimate of drug-likeness (QED) is 0.297. The third-order valence-electron chi connectivity index (χ3n) is 4.08. The molecule has 4 N–H and O–H groups in total. The van der Waals surface area contributed by atoms with Crippen molar-refractivity contribution in [2.75, 3.05) is 12.3 Å². The van der Waals surface area contributed by atoms with E-state index in [-0.39, 0.29) is 35.1 Å². The largest absolute Gasteiger partial charge is 0.475 e. The third kappa shape index (κ3) is 3.85. The van der Waals surface area contributed by atoms with Crippen LogP contribution in [0.15, 0.2) is 29.1 Å². The van der Waals surface area contributed by atoms with Crippen LogP contribution in [0.1, 0.15) is 35.7 Å². The highest BCUT2D eigenvalue weighted by Crippen LogP contribution is 2.19. The molecule has 3 rings (SSSR count). The zero-order valence-electron chi connectivity index (χ0n) is 15.1. The van der Waals surface area contributed by atoms with Crippen LogP contribution < -0.4 is 16.2 Å². The standard InChI is InChI=1S/C18H19N5O5/c1-2-3-7-28-17-21-14(19)12-15(22-17)23(18(27)20-12)9-10-5-4-6-11(8-10)13(24)16(25)26/h4-6,8H,2-3,7,9H2,1H3,(H,20,27)(H,25,26)(H2,19,21,22). The van der Waals surface area contributed by atoms with Crippen molar-refractivity contribution in [3.63, 3.8) is 0 Å². The molecular weight excluding hydrogens is 366 g/mol. The Morgan fingerprint density at radius 3 is 2.82 bits per heavy atom. The van der Waals surface area contributed by atoms with E-state index < -0.39 is 17.4 Å². The van der Waals surface area contributed by atoms with E-state index in [1.54, 1.807) is 12.1 Å². The number of rotatable bonds is 8. The molecule has 0 spiro atoms. The van der Waals surface area contributed by atoms with Gasteiger partial charge in [0.25, 0.3) is 5.78 Å². The molecule has 3 aromatic rings. The highest BCUT2D eigenvalue weighted by Gasteiger charge is 2.17. The summed E-state index contributed by atoms with van der Waals surface area (Å²) in [4.78, 5) is 45.8. The number of carbonyl (C=O) groups is 2. The predicted octanol–water partition coefficient (Wildman–Crippen LogP) is 1.20. The van der Waals surface area contributed by atoms with Crippen LogP contribution in [0.3, 0.4) is 0 Å². The molecule has 0 radical (unpaired) electrons. The number of aromatic nitrogens is 4. The molecule has 0 aliphatic rings. The molecule has 10 heteroatoms. The van der Waals surface area contributed by atoms with Gasteiger partial charge in [-0.2, -0.15) is 9.97 Å². The smallest absolute Gasteiger partial charge is 0.377 e. The van der Waals surface area contributed by atoms with Crippen LogP contribution >= 0.6 is 0 Å². The lowest BCUT2D eigenvalue weighted by molar-refractivity contribution is -0.131. The number of nitrogen functional groups attached to an aromatic ring is 1. The van der Waals surface area contributed by atoms with Crippen molar-refractivity contribution in [1.82, 2.24) is 19.5 Å². The van der Waals surface area contributed by atoms with Crippen LogP contribution in [0.5, 0.6) is 6.01 Å². The van der Waals surface area contributed by atoms with Gasteiger partial charge in [-0.15, -0.1) is 0 Å². The Kier molecular flexibility index (Phi) is 5.39. The van der Waals surface area contributed by atoms with E-state index in [0.717, 1.165) is 12.8 Å². The second-order valence-corrected chi connectivity index (χ2v) is 6.14. The summed E-state index contributed by atoms with van der Waals surface area (Å²) >= 11 is 0. The van der Waals surface area contributed by atoms with E-state index >= 15 is 0 Å². The van der Waals surface area contributed by atoms with Gasteiger partial charge in [-0.3, -0.25) is 9.36 Å². The number of carbonyl (C=O) groups excluding carboxylic acids is 1. The summed E-state index contributed by atoms with van der Waals surface area (Å²) in [7, 11) is 0. The number of anilines is 1. The maximum absolute atomic E-state index is 12.4. The van der Waals surface area contributed by atoms with Gasteiger partial charge in [-0.25, -0.2) is 9.59 Å². The maximum atomic E-state index is 12.4. The van der Waals surface area contributed by atoms with Gasteiger partial charge in [-0.1, -0.05) is 31.5 Å². The number of H-pyrrole nitrogens is 1. The molecule has 0 aliphatic carbocycles. The number of hydrogen-bond donors (Lipinski definition) is 3. The summed E-state index contributed by atoms with van der Waals surface area (Å²) in [6.07, 6.45) is 1.77. The average Bonchev–Trinajstić information content (AvgIpc) is 2.98. The average molecular weight is 385 g/mol. The summed E-state index contributed by atoms with van der Waals surface area (Å²) in [5.74, 6) is -2.48. The van der Waals surface area contributed by atoms with E-state index in [9.17, 15) is 14.4 Å². The number of unbranched alkanes of at least 4 members (excludes halogenated alkanes) is 1. The number of nitrogens with two attached hydrogens (primary N) is 1. The summed E-state index contributed by atoms with van der Waals surface area (Å²) in [6, 6.07) is 6.12. The van der Waals surface area contributed by atoms with E-state index in [1.165, 1.54) is 16.7 Å². The molecule has 2 aromatic heterocycles. The highest BCUT2D eigenvalue weighted by molar-refractivity contribution is 6.39. The molecule has 0 saturated heterocycles. The van der Waals surface area contributed by atoms with Gasteiger partial charge in [-0.05, 0) is 18.1 Å². The van der Waals surface area contributed by atoms with Gasteiger partial charge in [0.05, 0.1) is 13.2 Å². The first-order chi connectivity index (χ1) is 13.4. The lowest BCUT2D eigenvalue weighted by atomic mass is 10.1. The molecular formula is C18H19N5O5. The van der Waals surface area contributed by atoms with Gasteiger partial charge in [0.1, 0.15) is 5.52 Å². The van der Waals surface area contributed by atoms with E-state index in [4.69, 9.17) is 15.6 Å². The van der Waals surface area contributed by atoms with Crippen LogP contribution in [-0.2, 0) is 11.3 Å². The number of ketones is 1. The van der Waals surface area contributed by atoms with Gasteiger partial charge in [0.15, 0.2) is 11.5 Å². The van der Waals surface area contributed by atoms with Crippen LogP contribution in [-0.4, -0.2) is 43.0 Å². The normalized spacial score (nSPS) is 10.9. The van der Waals surface area contributed by atoms with Crippen molar-refractivity contribution in [2.24, 2.45) is 0 Å². The Labute approximate surface area is 159 Å². The summed E-state index contributed by atoms with van der Waals surface area (Å²) in [5, 5.41) is 8.86. The number of aliphatic carboxylic acids is 1. The van der Waals surface area contributed by atoms with Crippen LogP contribution in [0.4, 0.5) is 5.82 Å². The fraction of sp³-hybridized carbons (Fsp3) is 0.278. The Bertz CT molecular complexity index is 1100. The number of Topliss-reactive ketones (excluding diaryl/α,β-unsaturated/α-hetero) is 1. The number of nitrogens with one attached hydrogen (secondary N) is 1. The van der Waals surface area contributed by atoms with Crippen molar-refractivity contribution < 1.29 is 19.4 Å². The maximum Gasteiger partial charge on any atom is 0.377 e. The summed E-state index contributed by atoms with van der Waals surface area (Å²) in [6.45, 7) is 2.51. The Morgan fingerprint density at radius 2 is 2.11 bits per heavy atom. The van der Waals surface area contributed by atoms with Crippen molar-refractivity contribution in [3.8, 4) is 6.01 Å². The van der Waals surface area contributed by atoms with E-state index in [0.29, 0.717) is 12.2 Å². The van der Waals surface area contributed by atoms with Crippen molar-refractivity contribution >= 4 is 28.7 Å². The molecule has 0 saturated carbocycles. The van der Waals surface area contributed by atoms with Gasteiger partial charge >= 0.3 is 17.7 Å². The molecule has 0 aliphatic heterocycles. The molecule has 0 amide bonds. The SMILES string of the molecule is CCCCOc1nc(N)c2[nH]c(=O)n(Cc3cccc(C(=O)C(=O)O)c3)c2n1. The van der Waals surface area contributed by atoms with E-state index in [2.05, 4.69) is 15.0 Å². The Hall–Kier alpha value is -3.69. The second-order valence-electron chi connectivity index (χ2n) is 6.14. The number of imidazole rings is 1. The van der Waals surface area contributed by atoms with Gasteiger partial charge in [0.2, 0.25) is 0 Å². The molecule has 0 fully saturated rings. The number of carboxylic acids is 1. The molecule has 0 unspecified atom stereocenters. The minimum absolute atomic E-state index is 0.0237. The zero-order chi connectivity index (χ0) is 20.3.